The molecule has 1 heterocycles. The summed E-state index contributed by atoms with van der Waals surface area (Å²) in [5, 5.41) is 6.24. The molecule has 0 unspecified atom stereocenters. The Kier molecular flexibility index (Phi) is 5.35. The Balaban J connectivity index is 1.76. The number of hydrogen-bond donors (Lipinski definition) is 2. The van der Waals surface area contributed by atoms with E-state index in [9.17, 15) is 4.79 Å². The van der Waals surface area contributed by atoms with E-state index in [0.29, 0.717) is 18.2 Å². The molecule has 0 atom stereocenters. The summed E-state index contributed by atoms with van der Waals surface area (Å²) in [6.07, 6.45) is 4.07. The van der Waals surface area contributed by atoms with Gasteiger partial charge < -0.3 is 15.5 Å². The minimum atomic E-state index is -0.0531. The number of likely N-dealkylation sites (N-methyl/N-ethyl adjacent to an activating group) is 1. The molecule has 0 bridgehead atoms. The first kappa shape index (κ1) is 14.8. The van der Waals surface area contributed by atoms with Gasteiger partial charge in [0.1, 0.15) is 5.82 Å². The number of aromatic nitrogens is 1. The zero-order valence-corrected chi connectivity index (χ0v) is 12.4. The number of hydrogen-bond acceptors (Lipinski definition) is 4. The molecule has 1 saturated carbocycles. The van der Waals surface area contributed by atoms with Crippen molar-refractivity contribution in [2.75, 3.05) is 31.5 Å². The summed E-state index contributed by atoms with van der Waals surface area (Å²) in [6.45, 7) is 7.82. The molecule has 20 heavy (non-hydrogen) atoms. The van der Waals surface area contributed by atoms with Gasteiger partial charge in [0.2, 0.25) is 0 Å². The molecular weight excluding hydrogens is 252 g/mol. The lowest BCUT2D eigenvalue weighted by Crippen LogP contribution is -2.34. The van der Waals surface area contributed by atoms with Crippen LogP contribution in [0.25, 0.3) is 0 Å². The zero-order chi connectivity index (χ0) is 14.4. The van der Waals surface area contributed by atoms with Crippen LogP contribution in [0.3, 0.4) is 0 Å². The molecule has 0 spiro atoms. The molecule has 1 aromatic heterocycles. The highest BCUT2D eigenvalue weighted by atomic mass is 16.1. The number of carbonyl (C=O) groups is 1. The number of anilines is 1. The van der Waals surface area contributed by atoms with E-state index in [2.05, 4.69) is 34.4 Å². The maximum absolute atomic E-state index is 12.0. The Morgan fingerprint density at radius 1 is 1.35 bits per heavy atom. The van der Waals surface area contributed by atoms with E-state index in [-0.39, 0.29) is 5.91 Å². The number of nitrogens with zero attached hydrogens (tertiary/aromatic N) is 2. The van der Waals surface area contributed by atoms with Gasteiger partial charge in [-0.15, -0.1) is 0 Å². The van der Waals surface area contributed by atoms with Gasteiger partial charge in [0.05, 0.1) is 5.56 Å². The summed E-state index contributed by atoms with van der Waals surface area (Å²) < 4.78 is 0. The first-order valence-electron chi connectivity index (χ1n) is 7.46. The minimum absolute atomic E-state index is 0.0531. The molecule has 1 aliphatic carbocycles. The zero-order valence-electron chi connectivity index (χ0n) is 12.4. The predicted octanol–water partition coefficient (Wildman–Crippen LogP) is 1.73. The van der Waals surface area contributed by atoms with Crippen molar-refractivity contribution >= 4 is 11.7 Å². The third-order valence-corrected chi connectivity index (χ3v) is 3.56. The molecule has 1 aromatic rings. The smallest absolute Gasteiger partial charge is 0.252 e. The van der Waals surface area contributed by atoms with Crippen LogP contribution in [0.2, 0.25) is 0 Å². The Hall–Kier alpha value is -1.62. The summed E-state index contributed by atoms with van der Waals surface area (Å²) in [5.41, 5.74) is 0.617. The van der Waals surface area contributed by atoms with E-state index < -0.39 is 0 Å². The molecule has 0 aromatic carbocycles. The third kappa shape index (κ3) is 4.49. The van der Waals surface area contributed by atoms with Crippen molar-refractivity contribution in [1.29, 1.82) is 0 Å². The fraction of sp³-hybridized carbons (Fsp3) is 0.600. The second kappa shape index (κ2) is 7.24. The highest BCUT2D eigenvalue weighted by Gasteiger charge is 2.21. The van der Waals surface area contributed by atoms with Gasteiger partial charge in [-0.05, 0) is 38.1 Å². The van der Waals surface area contributed by atoms with Gasteiger partial charge in [-0.3, -0.25) is 4.79 Å². The first-order chi connectivity index (χ1) is 9.72. The standard InChI is InChI=1S/C15H24N4O/c1-3-19(4-2)10-9-16-15(20)12-5-8-14(17-11-12)18-13-6-7-13/h5,8,11,13H,3-4,6-7,9-10H2,1-2H3,(H,16,20)(H,17,18). The molecule has 1 amide bonds. The highest BCUT2D eigenvalue weighted by Crippen LogP contribution is 2.23. The van der Waals surface area contributed by atoms with Gasteiger partial charge in [-0.25, -0.2) is 4.98 Å². The highest BCUT2D eigenvalue weighted by molar-refractivity contribution is 5.94. The Bertz CT molecular complexity index is 424. The van der Waals surface area contributed by atoms with Crippen LogP contribution < -0.4 is 10.6 Å². The second-order valence-electron chi connectivity index (χ2n) is 5.13. The van der Waals surface area contributed by atoms with Gasteiger partial charge in [0.15, 0.2) is 0 Å². The lowest BCUT2D eigenvalue weighted by atomic mass is 10.2. The molecule has 1 aliphatic rings. The van der Waals surface area contributed by atoms with E-state index in [1.165, 1.54) is 12.8 Å². The fourth-order valence-corrected chi connectivity index (χ4v) is 2.02. The SMILES string of the molecule is CCN(CC)CCNC(=O)c1ccc(NC2CC2)nc1. The van der Waals surface area contributed by atoms with Crippen LogP contribution in [0.4, 0.5) is 5.82 Å². The topological polar surface area (TPSA) is 57.3 Å². The van der Waals surface area contributed by atoms with Crippen molar-refractivity contribution in [1.82, 2.24) is 15.2 Å². The average Bonchev–Trinajstić information content (AvgIpc) is 3.28. The second-order valence-corrected chi connectivity index (χ2v) is 5.13. The number of carbonyl (C=O) groups excluding carboxylic acids is 1. The third-order valence-electron chi connectivity index (χ3n) is 3.56. The Labute approximate surface area is 120 Å². The monoisotopic (exact) mass is 276 g/mol. The summed E-state index contributed by atoms with van der Waals surface area (Å²) >= 11 is 0. The van der Waals surface area contributed by atoms with Crippen molar-refractivity contribution in [3.05, 3.63) is 23.9 Å². The molecule has 110 valence electrons. The number of rotatable bonds is 8. The minimum Gasteiger partial charge on any atom is -0.367 e. The summed E-state index contributed by atoms with van der Waals surface area (Å²) in [4.78, 5) is 18.5. The van der Waals surface area contributed by atoms with Gasteiger partial charge >= 0.3 is 0 Å². The summed E-state index contributed by atoms with van der Waals surface area (Å²) in [7, 11) is 0. The van der Waals surface area contributed by atoms with Crippen molar-refractivity contribution in [3.8, 4) is 0 Å². The van der Waals surface area contributed by atoms with Crippen LogP contribution >= 0.6 is 0 Å². The predicted molar refractivity (Wildman–Crippen MR) is 81.0 cm³/mol. The lowest BCUT2D eigenvalue weighted by Gasteiger charge is -2.17. The Morgan fingerprint density at radius 3 is 2.65 bits per heavy atom. The molecular formula is C15H24N4O. The molecule has 0 aliphatic heterocycles. The van der Waals surface area contributed by atoms with Crippen molar-refractivity contribution in [2.24, 2.45) is 0 Å². The van der Waals surface area contributed by atoms with E-state index in [4.69, 9.17) is 0 Å². The van der Waals surface area contributed by atoms with E-state index >= 15 is 0 Å². The molecule has 0 saturated heterocycles. The number of amides is 1. The van der Waals surface area contributed by atoms with E-state index in [0.717, 1.165) is 25.5 Å². The molecule has 5 heteroatoms. The Morgan fingerprint density at radius 2 is 2.10 bits per heavy atom. The normalized spacial score (nSPS) is 14.3. The number of nitrogens with one attached hydrogen (secondary N) is 2. The molecule has 2 rings (SSSR count). The summed E-state index contributed by atoms with van der Waals surface area (Å²) in [5.74, 6) is 0.801. The van der Waals surface area contributed by atoms with Crippen molar-refractivity contribution in [2.45, 2.75) is 32.7 Å². The first-order valence-corrected chi connectivity index (χ1v) is 7.46. The molecule has 0 radical (unpaired) electrons. The van der Waals surface area contributed by atoms with Gasteiger partial charge in [0.25, 0.3) is 5.91 Å². The average molecular weight is 276 g/mol. The van der Waals surface area contributed by atoms with E-state index in [1.54, 1.807) is 6.20 Å². The molecule has 2 N–H and O–H groups in total. The quantitative estimate of drug-likeness (QED) is 0.759. The van der Waals surface area contributed by atoms with Crippen LogP contribution in [0.1, 0.15) is 37.0 Å². The maximum atomic E-state index is 12.0. The van der Waals surface area contributed by atoms with Crippen LogP contribution in [0.15, 0.2) is 18.3 Å². The fourth-order valence-electron chi connectivity index (χ4n) is 2.02. The molecule has 5 nitrogen and oxygen atoms in total. The van der Waals surface area contributed by atoms with Crippen LogP contribution in [0.5, 0.6) is 0 Å². The molecule has 1 fully saturated rings. The number of pyridine rings is 1. The van der Waals surface area contributed by atoms with Crippen LogP contribution in [0, 0.1) is 0 Å². The summed E-state index contributed by atoms with van der Waals surface area (Å²) in [6, 6.07) is 4.28. The lowest BCUT2D eigenvalue weighted by molar-refractivity contribution is 0.0948. The van der Waals surface area contributed by atoms with Crippen LogP contribution in [-0.2, 0) is 0 Å². The van der Waals surface area contributed by atoms with Crippen molar-refractivity contribution in [3.63, 3.8) is 0 Å². The van der Waals surface area contributed by atoms with Gasteiger partial charge in [-0.2, -0.15) is 0 Å². The van der Waals surface area contributed by atoms with Crippen LogP contribution in [-0.4, -0.2) is 48.0 Å². The maximum Gasteiger partial charge on any atom is 0.252 e. The van der Waals surface area contributed by atoms with Gasteiger partial charge in [-0.1, -0.05) is 13.8 Å². The largest absolute Gasteiger partial charge is 0.367 e. The van der Waals surface area contributed by atoms with E-state index in [1.807, 2.05) is 12.1 Å². The van der Waals surface area contributed by atoms with Crippen molar-refractivity contribution < 1.29 is 4.79 Å². The van der Waals surface area contributed by atoms with Gasteiger partial charge in [0, 0.05) is 25.3 Å².